The first-order valence-electron chi connectivity index (χ1n) is 7.18. The second-order valence-corrected chi connectivity index (χ2v) is 5.26. The maximum absolute atomic E-state index is 4.20. The summed E-state index contributed by atoms with van der Waals surface area (Å²) in [5.41, 5.74) is 2.77. The van der Waals surface area contributed by atoms with Gasteiger partial charge in [0.05, 0.1) is 18.2 Å². The van der Waals surface area contributed by atoms with E-state index >= 15 is 0 Å². The third kappa shape index (κ3) is 3.45. The summed E-state index contributed by atoms with van der Waals surface area (Å²) >= 11 is 0. The Labute approximate surface area is 110 Å². The molecule has 0 aliphatic heterocycles. The summed E-state index contributed by atoms with van der Waals surface area (Å²) < 4.78 is 2.09. The summed E-state index contributed by atoms with van der Waals surface area (Å²) in [6, 6.07) is 0. The minimum absolute atomic E-state index is 0.771. The largest absolute Gasteiger partial charge is 0.334 e. The fraction of sp³-hybridized carbons (Fsp3) is 0.667. The van der Waals surface area contributed by atoms with Gasteiger partial charge in [0.1, 0.15) is 0 Å². The van der Waals surface area contributed by atoms with Crippen LogP contribution < -0.4 is 5.32 Å². The van der Waals surface area contributed by atoms with Gasteiger partial charge in [0.25, 0.3) is 0 Å². The smallest absolute Gasteiger partial charge is 0.0948 e. The lowest BCUT2D eigenvalue weighted by atomic mass is 9.83. The summed E-state index contributed by atoms with van der Waals surface area (Å²) in [6.07, 6.45) is 13.1. The number of imidazole rings is 1. The highest BCUT2D eigenvalue weighted by atomic mass is 15.0. The molecule has 3 nitrogen and oxygen atoms in total. The van der Waals surface area contributed by atoms with Crippen molar-refractivity contribution < 1.29 is 0 Å². The normalized spacial score (nSPS) is 18.2. The lowest BCUT2D eigenvalue weighted by Gasteiger charge is -2.25. The van der Waals surface area contributed by atoms with E-state index in [9.17, 15) is 0 Å². The molecule has 0 aromatic carbocycles. The number of rotatable bonds is 5. The predicted molar refractivity (Wildman–Crippen MR) is 76.3 cm³/mol. The quantitative estimate of drug-likeness (QED) is 0.867. The zero-order valence-corrected chi connectivity index (χ0v) is 11.7. The number of hydrogen-bond donors (Lipinski definition) is 1. The van der Waals surface area contributed by atoms with Crippen LogP contribution in [0.1, 0.15) is 44.7 Å². The van der Waals surface area contributed by atoms with Crippen molar-refractivity contribution in [3.63, 3.8) is 0 Å². The van der Waals surface area contributed by atoms with Gasteiger partial charge in [-0.1, -0.05) is 31.8 Å². The van der Waals surface area contributed by atoms with E-state index in [0.717, 1.165) is 19.0 Å². The van der Waals surface area contributed by atoms with E-state index in [0.29, 0.717) is 0 Å². The molecule has 0 saturated heterocycles. The Morgan fingerprint density at radius 2 is 2.22 bits per heavy atom. The van der Waals surface area contributed by atoms with Gasteiger partial charge in [-0.05, 0) is 31.4 Å². The van der Waals surface area contributed by atoms with E-state index < -0.39 is 0 Å². The Hall–Kier alpha value is -1.09. The van der Waals surface area contributed by atoms with Gasteiger partial charge in [0.2, 0.25) is 0 Å². The molecule has 1 fully saturated rings. The average Bonchev–Trinajstić information content (AvgIpc) is 2.81. The average molecular weight is 247 g/mol. The number of nitrogens with one attached hydrogen (secondary N) is 1. The summed E-state index contributed by atoms with van der Waals surface area (Å²) in [5, 5.41) is 3.48. The highest BCUT2D eigenvalue weighted by Gasteiger charge is 2.17. The molecular formula is C15H25N3. The minimum Gasteiger partial charge on any atom is -0.334 e. The van der Waals surface area contributed by atoms with Crippen LogP contribution in [-0.2, 0) is 7.05 Å². The molecule has 0 bridgehead atoms. The van der Waals surface area contributed by atoms with Crippen LogP contribution in [0.5, 0.6) is 0 Å². The van der Waals surface area contributed by atoms with E-state index in [-0.39, 0.29) is 0 Å². The van der Waals surface area contributed by atoms with Crippen molar-refractivity contribution in [3.8, 4) is 0 Å². The second-order valence-electron chi connectivity index (χ2n) is 5.26. The van der Waals surface area contributed by atoms with E-state index in [4.69, 9.17) is 0 Å². The van der Waals surface area contributed by atoms with Gasteiger partial charge in [-0.3, -0.25) is 0 Å². The molecule has 0 unspecified atom stereocenters. The lowest BCUT2D eigenvalue weighted by Crippen LogP contribution is -2.22. The number of likely N-dealkylation sites (N-methyl/N-ethyl adjacent to an activating group) is 1. The maximum atomic E-state index is 4.20. The van der Waals surface area contributed by atoms with Gasteiger partial charge < -0.3 is 9.88 Å². The Balaban J connectivity index is 2.13. The van der Waals surface area contributed by atoms with Crippen LogP contribution in [0.15, 0.2) is 18.1 Å². The Morgan fingerprint density at radius 3 is 2.83 bits per heavy atom. The summed E-state index contributed by atoms with van der Waals surface area (Å²) in [6.45, 7) is 4.23. The minimum atomic E-state index is 0.771. The van der Waals surface area contributed by atoms with Crippen molar-refractivity contribution >= 4 is 6.08 Å². The second kappa shape index (κ2) is 6.74. The molecule has 1 aromatic heterocycles. The first kappa shape index (κ1) is 13.3. The monoisotopic (exact) mass is 247 g/mol. The topological polar surface area (TPSA) is 29.9 Å². The molecule has 1 aliphatic rings. The van der Waals surface area contributed by atoms with E-state index in [1.807, 2.05) is 12.5 Å². The Morgan fingerprint density at radius 1 is 1.44 bits per heavy atom. The van der Waals surface area contributed by atoms with Crippen LogP contribution in [0.4, 0.5) is 0 Å². The maximum Gasteiger partial charge on any atom is 0.0948 e. The van der Waals surface area contributed by atoms with E-state index in [1.54, 1.807) is 5.57 Å². The first-order chi connectivity index (χ1) is 8.81. The van der Waals surface area contributed by atoms with E-state index in [1.165, 1.54) is 37.8 Å². The van der Waals surface area contributed by atoms with Gasteiger partial charge in [-0.15, -0.1) is 0 Å². The number of nitrogens with zero attached hydrogens (tertiary/aromatic N) is 2. The molecule has 0 radical (unpaired) electrons. The van der Waals surface area contributed by atoms with Gasteiger partial charge in [-0.2, -0.15) is 0 Å². The lowest BCUT2D eigenvalue weighted by molar-refractivity contribution is 0.397. The zero-order valence-electron chi connectivity index (χ0n) is 11.7. The molecule has 3 heteroatoms. The summed E-state index contributed by atoms with van der Waals surface area (Å²) in [5.74, 6) is 0.771. The van der Waals surface area contributed by atoms with Gasteiger partial charge in [0, 0.05) is 13.6 Å². The van der Waals surface area contributed by atoms with Crippen LogP contribution in [0.25, 0.3) is 6.08 Å². The molecule has 1 N–H and O–H groups in total. The van der Waals surface area contributed by atoms with Crippen molar-refractivity contribution in [1.29, 1.82) is 0 Å². The van der Waals surface area contributed by atoms with Crippen molar-refractivity contribution in [1.82, 2.24) is 14.9 Å². The van der Waals surface area contributed by atoms with Gasteiger partial charge >= 0.3 is 0 Å². The Kier molecular flexibility index (Phi) is 5.00. The fourth-order valence-corrected chi connectivity index (χ4v) is 2.75. The van der Waals surface area contributed by atoms with Crippen molar-refractivity contribution in [3.05, 3.63) is 23.8 Å². The third-order valence-electron chi connectivity index (χ3n) is 3.90. The van der Waals surface area contributed by atoms with Gasteiger partial charge in [0.15, 0.2) is 0 Å². The van der Waals surface area contributed by atoms with Gasteiger partial charge in [-0.25, -0.2) is 4.98 Å². The number of aromatic nitrogens is 2. The molecular weight excluding hydrogens is 222 g/mol. The van der Waals surface area contributed by atoms with Crippen LogP contribution in [0.2, 0.25) is 0 Å². The fourth-order valence-electron chi connectivity index (χ4n) is 2.75. The zero-order chi connectivity index (χ0) is 12.8. The van der Waals surface area contributed by atoms with Crippen LogP contribution in [0.3, 0.4) is 0 Å². The third-order valence-corrected chi connectivity index (χ3v) is 3.90. The highest BCUT2D eigenvalue weighted by Crippen LogP contribution is 2.30. The highest BCUT2D eigenvalue weighted by molar-refractivity contribution is 5.49. The molecule has 2 rings (SSSR count). The Bertz CT molecular complexity index is 386. The molecule has 0 spiro atoms. The molecule has 18 heavy (non-hydrogen) atoms. The van der Waals surface area contributed by atoms with Crippen LogP contribution >= 0.6 is 0 Å². The SMILES string of the molecule is CCNCC(=Cc1cncn1C)C1CCCCC1. The number of hydrogen-bond acceptors (Lipinski definition) is 2. The van der Waals surface area contributed by atoms with Crippen LogP contribution in [0, 0.1) is 5.92 Å². The van der Waals surface area contributed by atoms with Crippen molar-refractivity contribution in [2.75, 3.05) is 13.1 Å². The molecule has 0 atom stereocenters. The van der Waals surface area contributed by atoms with Crippen molar-refractivity contribution in [2.45, 2.75) is 39.0 Å². The molecule has 1 heterocycles. The predicted octanol–water partition coefficient (Wildman–Crippen LogP) is 2.99. The number of aryl methyl sites for hydroxylation is 1. The van der Waals surface area contributed by atoms with Crippen LogP contribution in [-0.4, -0.2) is 22.6 Å². The van der Waals surface area contributed by atoms with E-state index in [2.05, 4.69) is 34.9 Å². The molecule has 1 aromatic rings. The molecule has 0 amide bonds. The first-order valence-corrected chi connectivity index (χ1v) is 7.18. The molecule has 1 saturated carbocycles. The summed E-state index contributed by atoms with van der Waals surface area (Å²) in [4.78, 5) is 4.20. The molecule has 1 aliphatic carbocycles. The van der Waals surface area contributed by atoms with Crippen molar-refractivity contribution in [2.24, 2.45) is 13.0 Å². The standard InChI is InChI=1S/C15H25N3/c1-3-16-10-14(13-7-5-4-6-8-13)9-15-11-17-12-18(15)2/h9,11-13,16H,3-8,10H2,1-2H3. The molecule has 100 valence electrons. The summed E-state index contributed by atoms with van der Waals surface area (Å²) in [7, 11) is 2.06.